The van der Waals surface area contributed by atoms with E-state index in [1.54, 1.807) is 28.9 Å². The van der Waals surface area contributed by atoms with E-state index in [9.17, 15) is 4.79 Å². The molecule has 3 aromatic rings. The van der Waals surface area contributed by atoms with E-state index in [2.05, 4.69) is 10.4 Å². The first-order valence-corrected chi connectivity index (χ1v) is 6.12. The van der Waals surface area contributed by atoms with Crippen LogP contribution in [0.25, 0.3) is 5.52 Å². The van der Waals surface area contributed by atoms with Gasteiger partial charge in [0.05, 0.1) is 16.2 Å². The van der Waals surface area contributed by atoms with Crippen molar-refractivity contribution in [3.8, 4) is 0 Å². The van der Waals surface area contributed by atoms with Crippen LogP contribution in [0.1, 0.15) is 10.5 Å². The molecule has 0 aliphatic heterocycles. The Morgan fingerprint density at radius 1 is 1.16 bits per heavy atom. The number of rotatable bonds is 2. The maximum Gasteiger partial charge on any atom is 0.276 e. The number of anilines is 1. The van der Waals surface area contributed by atoms with Crippen LogP contribution >= 0.6 is 11.6 Å². The maximum absolute atomic E-state index is 12.1. The van der Waals surface area contributed by atoms with E-state index in [0.717, 1.165) is 5.52 Å². The highest BCUT2D eigenvalue weighted by molar-refractivity contribution is 6.33. The topological polar surface area (TPSA) is 46.4 Å². The van der Waals surface area contributed by atoms with Crippen LogP contribution in [0, 0.1) is 0 Å². The molecule has 1 aromatic carbocycles. The smallest absolute Gasteiger partial charge is 0.276 e. The number of benzene rings is 1. The molecule has 19 heavy (non-hydrogen) atoms. The number of nitrogens with one attached hydrogen (secondary N) is 1. The number of hydrogen-bond donors (Lipinski definition) is 1. The van der Waals surface area contributed by atoms with Crippen molar-refractivity contribution in [3.63, 3.8) is 0 Å². The van der Waals surface area contributed by atoms with Gasteiger partial charge in [-0.25, -0.2) is 4.52 Å². The molecule has 94 valence electrons. The van der Waals surface area contributed by atoms with Gasteiger partial charge in [0.1, 0.15) is 0 Å². The van der Waals surface area contributed by atoms with Crippen LogP contribution in [-0.2, 0) is 0 Å². The quantitative estimate of drug-likeness (QED) is 0.778. The Morgan fingerprint density at radius 3 is 2.74 bits per heavy atom. The van der Waals surface area contributed by atoms with E-state index in [0.29, 0.717) is 16.4 Å². The SMILES string of the molecule is O=C(Nc1ccccc1Cl)c1cc2ccccn2n1. The van der Waals surface area contributed by atoms with Gasteiger partial charge in [0.25, 0.3) is 5.91 Å². The fraction of sp³-hybridized carbons (Fsp3) is 0. The minimum Gasteiger partial charge on any atom is -0.319 e. The second-order valence-electron chi connectivity index (χ2n) is 4.03. The molecular weight excluding hydrogens is 262 g/mol. The third-order valence-electron chi connectivity index (χ3n) is 2.72. The fourth-order valence-electron chi connectivity index (χ4n) is 1.80. The van der Waals surface area contributed by atoms with Crippen molar-refractivity contribution in [2.75, 3.05) is 5.32 Å². The molecule has 2 aromatic heterocycles. The van der Waals surface area contributed by atoms with Crippen molar-refractivity contribution in [2.24, 2.45) is 0 Å². The van der Waals surface area contributed by atoms with Gasteiger partial charge in [-0.3, -0.25) is 4.79 Å². The Morgan fingerprint density at radius 2 is 1.95 bits per heavy atom. The molecule has 0 spiro atoms. The lowest BCUT2D eigenvalue weighted by Crippen LogP contribution is -2.12. The van der Waals surface area contributed by atoms with E-state index >= 15 is 0 Å². The van der Waals surface area contributed by atoms with Crippen molar-refractivity contribution < 1.29 is 4.79 Å². The normalized spacial score (nSPS) is 10.6. The zero-order chi connectivity index (χ0) is 13.2. The predicted octanol–water partition coefficient (Wildman–Crippen LogP) is 3.24. The maximum atomic E-state index is 12.1. The third kappa shape index (κ3) is 2.30. The molecule has 0 atom stereocenters. The molecule has 0 saturated heterocycles. The van der Waals surface area contributed by atoms with Crippen molar-refractivity contribution >= 4 is 28.7 Å². The van der Waals surface area contributed by atoms with Gasteiger partial charge >= 0.3 is 0 Å². The summed E-state index contributed by atoms with van der Waals surface area (Å²) in [7, 11) is 0. The Balaban J connectivity index is 1.90. The van der Waals surface area contributed by atoms with E-state index in [1.165, 1.54) is 0 Å². The molecule has 0 aliphatic rings. The van der Waals surface area contributed by atoms with Gasteiger partial charge < -0.3 is 5.32 Å². The minimum atomic E-state index is -0.281. The predicted molar refractivity (Wildman–Crippen MR) is 74.6 cm³/mol. The highest BCUT2D eigenvalue weighted by Gasteiger charge is 2.12. The summed E-state index contributed by atoms with van der Waals surface area (Å²) in [4.78, 5) is 12.1. The van der Waals surface area contributed by atoms with Gasteiger partial charge in [-0.05, 0) is 30.3 Å². The Hall–Kier alpha value is -2.33. The van der Waals surface area contributed by atoms with Crippen LogP contribution < -0.4 is 5.32 Å². The first kappa shape index (κ1) is 11.7. The van der Waals surface area contributed by atoms with Gasteiger partial charge in [-0.15, -0.1) is 0 Å². The van der Waals surface area contributed by atoms with E-state index in [4.69, 9.17) is 11.6 Å². The number of nitrogens with zero attached hydrogens (tertiary/aromatic N) is 2. The molecule has 0 aliphatic carbocycles. The summed E-state index contributed by atoms with van der Waals surface area (Å²) in [6.45, 7) is 0. The number of fused-ring (bicyclic) bond motifs is 1. The van der Waals surface area contributed by atoms with E-state index < -0.39 is 0 Å². The second kappa shape index (κ2) is 4.74. The zero-order valence-corrected chi connectivity index (χ0v) is 10.6. The molecule has 0 radical (unpaired) electrons. The summed E-state index contributed by atoms with van der Waals surface area (Å²) < 4.78 is 1.65. The molecule has 5 heteroatoms. The highest BCUT2D eigenvalue weighted by atomic mass is 35.5. The number of para-hydroxylation sites is 1. The number of pyridine rings is 1. The molecule has 0 bridgehead atoms. The van der Waals surface area contributed by atoms with Crippen molar-refractivity contribution in [1.29, 1.82) is 0 Å². The molecule has 0 saturated carbocycles. The van der Waals surface area contributed by atoms with Gasteiger partial charge in [-0.2, -0.15) is 5.10 Å². The molecule has 1 amide bonds. The number of aromatic nitrogens is 2. The summed E-state index contributed by atoms with van der Waals surface area (Å²) in [6.07, 6.45) is 1.79. The molecule has 1 N–H and O–H groups in total. The van der Waals surface area contributed by atoms with Crippen molar-refractivity contribution in [3.05, 3.63) is 65.4 Å². The summed E-state index contributed by atoms with van der Waals surface area (Å²) in [5, 5.41) is 7.44. The molecule has 3 rings (SSSR count). The van der Waals surface area contributed by atoms with Gasteiger partial charge in [0.2, 0.25) is 0 Å². The first-order valence-electron chi connectivity index (χ1n) is 5.74. The number of carbonyl (C=O) groups excluding carboxylic acids is 1. The van der Waals surface area contributed by atoms with Crippen LogP contribution in [0.2, 0.25) is 5.02 Å². The average molecular weight is 272 g/mol. The first-order chi connectivity index (χ1) is 9.24. The molecule has 4 nitrogen and oxygen atoms in total. The largest absolute Gasteiger partial charge is 0.319 e. The van der Waals surface area contributed by atoms with Crippen LogP contribution in [-0.4, -0.2) is 15.5 Å². The van der Waals surface area contributed by atoms with Gasteiger partial charge in [0.15, 0.2) is 5.69 Å². The monoisotopic (exact) mass is 271 g/mol. The fourth-order valence-corrected chi connectivity index (χ4v) is 1.98. The standard InChI is InChI=1S/C14H10ClN3O/c15-11-6-1-2-7-12(11)16-14(19)13-9-10-5-3-4-8-18(10)17-13/h1-9H,(H,16,19). The van der Waals surface area contributed by atoms with E-state index in [1.807, 2.05) is 30.3 Å². The zero-order valence-electron chi connectivity index (χ0n) is 9.88. The van der Waals surface area contributed by atoms with E-state index in [-0.39, 0.29) is 5.91 Å². The minimum absolute atomic E-state index is 0.281. The van der Waals surface area contributed by atoms with Crippen molar-refractivity contribution in [2.45, 2.75) is 0 Å². The number of hydrogen-bond acceptors (Lipinski definition) is 2. The highest BCUT2D eigenvalue weighted by Crippen LogP contribution is 2.21. The molecule has 0 fully saturated rings. The average Bonchev–Trinajstić information content (AvgIpc) is 2.85. The van der Waals surface area contributed by atoms with Crippen LogP contribution in [0.4, 0.5) is 5.69 Å². The van der Waals surface area contributed by atoms with Crippen LogP contribution in [0.3, 0.4) is 0 Å². The van der Waals surface area contributed by atoms with Crippen molar-refractivity contribution in [1.82, 2.24) is 9.61 Å². The van der Waals surface area contributed by atoms with Crippen LogP contribution in [0.5, 0.6) is 0 Å². The Kier molecular flexibility index (Phi) is 2.93. The summed E-state index contributed by atoms with van der Waals surface area (Å²) >= 11 is 5.99. The van der Waals surface area contributed by atoms with Gasteiger partial charge in [-0.1, -0.05) is 29.8 Å². The third-order valence-corrected chi connectivity index (χ3v) is 3.05. The number of carbonyl (C=O) groups is 1. The lowest BCUT2D eigenvalue weighted by molar-refractivity contribution is 0.102. The lowest BCUT2D eigenvalue weighted by atomic mass is 10.3. The molecule has 2 heterocycles. The molecular formula is C14H10ClN3O. The lowest BCUT2D eigenvalue weighted by Gasteiger charge is -2.04. The summed E-state index contributed by atoms with van der Waals surface area (Å²) in [5.41, 5.74) is 1.80. The summed E-state index contributed by atoms with van der Waals surface area (Å²) in [6, 6.07) is 14.5. The van der Waals surface area contributed by atoms with Crippen LogP contribution in [0.15, 0.2) is 54.7 Å². The number of amides is 1. The Bertz CT molecular complexity index is 718. The molecule has 0 unspecified atom stereocenters. The number of halogens is 1. The second-order valence-corrected chi connectivity index (χ2v) is 4.44. The Labute approximate surface area is 114 Å². The van der Waals surface area contributed by atoms with Gasteiger partial charge in [0, 0.05) is 6.20 Å². The summed E-state index contributed by atoms with van der Waals surface area (Å²) in [5.74, 6) is -0.281.